The van der Waals surface area contributed by atoms with E-state index < -0.39 is 38.0 Å². The third-order valence-electron chi connectivity index (χ3n) is 5.60. The molecule has 1 aliphatic rings. The van der Waals surface area contributed by atoms with Gasteiger partial charge in [-0.05, 0) is 25.2 Å². The molecule has 1 aromatic rings. The van der Waals surface area contributed by atoms with Crippen molar-refractivity contribution in [2.75, 3.05) is 12.3 Å². The number of unbranched alkanes of at least 4 members (excludes halogenated alkanes) is 5. The first-order valence-electron chi connectivity index (χ1n) is 11.1. The maximum Gasteiger partial charge on any atom is 0.351 e. The van der Waals surface area contributed by atoms with Crippen LogP contribution in [0.3, 0.4) is 0 Å². The van der Waals surface area contributed by atoms with Gasteiger partial charge in [-0.15, -0.1) is 6.40 Å². The molecule has 1 unspecified atom stereocenters. The average Bonchev–Trinajstić information content (AvgIpc) is 2.94. The van der Waals surface area contributed by atoms with Gasteiger partial charge in [0.15, 0.2) is 20.1 Å². The molecule has 1 fully saturated rings. The highest BCUT2D eigenvalue weighted by molar-refractivity contribution is 6.71. The van der Waals surface area contributed by atoms with Gasteiger partial charge < -0.3 is 25.1 Å². The molecule has 0 saturated carbocycles. The number of aliphatic hydroxyl groups excluding tert-OH is 1. The fourth-order valence-electron chi connectivity index (χ4n) is 3.62. The van der Waals surface area contributed by atoms with Crippen molar-refractivity contribution in [3.05, 3.63) is 22.7 Å². The molecular formula is C21H35N3O5Si. The smallest absolute Gasteiger partial charge is 0.351 e. The molecule has 1 aliphatic heterocycles. The maximum absolute atomic E-state index is 12.2. The topological polar surface area (TPSA) is 120 Å². The number of rotatable bonds is 11. The van der Waals surface area contributed by atoms with Gasteiger partial charge in [0.2, 0.25) is 0 Å². The van der Waals surface area contributed by atoms with Gasteiger partial charge in [0.1, 0.15) is 19.4 Å². The molecule has 0 aliphatic carbocycles. The molecule has 1 aromatic heterocycles. The van der Waals surface area contributed by atoms with E-state index in [0.29, 0.717) is 0 Å². The Labute approximate surface area is 181 Å². The van der Waals surface area contributed by atoms with E-state index in [1.54, 1.807) is 0 Å². The first kappa shape index (κ1) is 23.0. The Morgan fingerprint density at radius 1 is 1.43 bits per heavy atom. The molecule has 168 valence electrons. The highest BCUT2D eigenvalue weighted by Gasteiger charge is 2.55. The second-order valence-electron chi connectivity index (χ2n) is 8.54. The quantitative estimate of drug-likeness (QED) is 0.275. The molecule has 9 heteroatoms. The summed E-state index contributed by atoms with van der Waals surface area (Å²) in [6.45, 7) is 6.41. The van der Waals surface area contributed by atoms with Crippen LogP contribution in [0.5, 0.6) is 0 Å². The molecular weight excluding hydrogens is 402 g/mol. The van der Waals surface area contributed by atoms with Crippen molar-refractivity contribution in [3.8, 4) is 12.3 Å². The SMILES string of the molecule is [2H]C#C[C@@]1(O)[C@@H](CO[Si](C)(C)CCCCCCCC)OC(n2ccc(N)nc2=O)[C@@H]1O. The number of hydrogen-bond acceptors (Lipinski definition) is 7. The van der Waals surface area contributed by atoms with E-state index in [-0.39, 0.29) is 12.4 Å². The highest BCUT2D eigenvalue weighted by atomic mass is 28.4. The van der Waals surface area contributed by atoms with Crippen LogP contribution in [0.25, 0.3) is 0 Å². The Balaban J connectivity index is 2.04. The van der Waals surface area contributed by atoms with Crippen molar-refractivity contribution in [3.63, 3.8) is 0 Å². The van der Waals surface area contributed by atoms with Crippen LogP contribution in [-0.2, 0) is 9.16 Å². The summed E-state index contributed by atoms with van der Waals surface area (Å²) in [7, 11) is -2.03. The fraction of sp³-hybridized carbons (Fsp3) is 0.714. The summed E-state index contributed by atoms with van der Waals surface area (Å²) < 4.78 is 20.2. The highest BCUT2D eigenvalue weighted by Crippen LogP contribution is 2.37. The van der Waals surface area contributed by atoms with Crippen LogP contribution in [0.1, 0.15) is 53.0 Å². The van der Waals surface area contributed by atoms with Gasteiger partial charge in [0.25, 0.3) is 0 Å². The Kier molecular flexibility index (Phi) is 8.08. The van der Waals surface area contributed by atoms with Crippen LogP contribution >= 0.6 is 0 Å². The monoisotopic (exact) mass is 438 g/mol. The predicted octanol–water partition coefficient (Wildman–Crippen LogP) is 2.03. The molecule has 4 atom stereocenters. The minimum atomic E-state index is -2.04. The van der Waals surface area contributed by atoms with Crippen LogP contribution in [0.2, 0.25) is 19.1 Å². The van der Waals surface area contributed by atoms with E-state index in [2.05, 4.69) is 30.9 Å². The lowest BCUT2D eigenvalue weighted by atomic mass is 9.93. The second-order valence-corrected chi connectivity index (χ2v) is 12.8. The van der Waals surface area contributed by atoms with E-state index in [9.17, 15) is 15.0 Å². The maximum atomic E-state index is 12.2. The van der Waals surface area contributed by atoms with Gasteiger partial charge in [-0.25, -0.2) is 4.79 Å². The third-order valence-corrected chi connectivity index (χ3v) is 8.11. The molecule has 2 rings (SSSR count). The van der Waals surface area contributed by atoms with Crippen LogP contribution in [0.15, 0.2) is 17.1 Å². The normalized spacial score (nSPS) is 26.8. The van der Waals surface area contributed by atoms with Crippen molar-refractivity contribution in [1.82, 2.24) is 9.55 Å². The molecule has 1 saturated heterocycles. The minimum Gasteiger partial charge on any atom is -0.415 e. The van der Waals surface area contributed by atoms with Gasteiger partial charge in [-0.1, -0.05) is 51.4 Å². The van der Waals surface area contributed by atoms with Crippen molar-refractivity contribution in [1.29, 1.82) is 0 Å². The number of hydrogen-bond donors (Lipinski definition) is 3. The summed E-state index contributed by atoms with van der Waals surface area (Å²) >= 11 is 0. The van der Waals surface area contributed by atoms with E-state index in [1.165, 1.54) is 44.4 Å². The summed E-state index contributed by atoms with van der Waals surface area (Å²) in [5.74, 6) is 2.37. The summed E-state index contributed by atoms with van der Waals surface area (Å²) in [5.41, 5.74) is 2.76. The predicted molar refractivity (Wildman–Crippen MR) is 118 cm³/mol. The standard InChI is InChI=1S/C21H35N3O5Si/c1-5-7-8-9-10-11-14-30(3,4)28-15-16-21(27,6-2)18(25)19(29-16)24-13-12-17(22)23-20(24)26/h2,12-13,16,18-19,25,27H,5,7-11,14-15H2,1,3-4H3,(H2,22,23,26)/t16-,18+,19?,21-/m1/s1/i2D. The Hall–Kier alpha value is -1.70. The van der Waals surface area contributed by atoms with E-state index in [4.69, 9.17) is 16.3 Å². The number of aromatic nitrogens is 2. The van der Waals surface area contributed by atoms with Gasteiger partial charge in [0, 0.05) is 6.20 Å². The third kappa shape index (κ3) is 5.92. The largest absolute Gasteiger partial charge is 0.415 e. The zero-order valence-electron chi connectivity index (χ0n) is 19.1. The van der Waals surface area contributed by atoms with Crippen molar-refractivity contribution >= 4 is 14.1 Å². The molecule has 0 aromatic carbocycles. The van der Waals surface area contributed by atoms with Crippen LogP contribution in [0, 0.1) is 12.3 Å². The lowest BCUT2D eigenvalue weighted by Crippen LogP contribution is -2.49. The van der Waals surface area contributed by atoms with Gasteiger partial charge in [-0.2, -0.15) is 4.98 Å². The Bertz CT molecular complexity index is 840. The number of anilines is 1. The van der Waals surface area contributed by atoms with E-state index in [0.717, 1.165) is 17.0 Å². The first-order chi connectivity index (χ1) is 14.6. The van der Waals surface area contributed by atoms with E-state index >= 15 is 0 Å². The zero-order chi connectivity index (χ0) is 23.1. The molecule has 8 nitrogen and oxygen atoms in total. The molecule has 30 heavy (non-hydrogen) atoms. The van der Waals surface area contributed by atoms with Gasteiger partial charge >= 0.3 is 5.69 Å². The average molecular weight is 439 g/mol. The molecule has 0 spiro atoms. The van der Waals surface area contributed by atoms with E-state index in [1.807, 2.05) is 6.40 Å². The zero-order valence-corrected chi connectivity index (χ0v) is 19.1. The summed E-state index contributed by atoms with van der Waals surface area (Å²) in [6, 6.07) is 2.37. The number of nitrogens with two attached hydrogens (primary N) is 1. The van der Waals surface area contributed by atoms with Crippen molar-refractivity contribution < 1.29 is 20.7 Å². The molecule has 0 bridgehead atoms. The molecule has 0 radical (unpaired) electrons. The first-order valence-corrected chi connectivity index (χ1v) is 13.7. The van der Waals surface area contributed by atoms with Crippen molar-refractivity contribution in [2.45, 2.75) is 88.6 Å². The lowest BCUT2D eigenvalue weighted by molar-refractivity contribution is -0.0591. The minimum absolute atomic E-state index is 0.00491. The number of terminal acetylenes is 1. The molecule has 4 N–H and O–H groups in total. The number of aliphatic hydroxyl groups is 2. The number of nitrogen functional groups attached to an aromatic ring is 1. The summed E-state index contributed by atoms with van der Waals surface area (Å²) in [4.78, 5) is 15.8. The second kappa shape index (κ2) is 10.6. The number of nitrogens with zero attached hydrogens (tertiary/aromatic N) is 2. The lowest BCUT2D eigenvalue weighted by Gasteiger charge is -2.29. The van der Waals surface area contributed by atoms with Crippen LogP contribution < -0.4 is 11.4 Å². The number of ether oxygens (including phenoxy) is 1. The van der Waals surface area contributed by atoms with Crippen molar-refractivity contribution in [2.24, 2.45) is 0 Å². The molecule has 2 heterocycles. The fourth-order valence-corrected chi connectivity index (χ4v) is 5.47. The van der Waals surface area contributed by atoms with Gasteiger partial charge in [0.05, 0.1) is 6.61 Å². The molecule has 0 amide bonds. The summed E-state index contributed by atoms with van der Waals surface area (Å²) in [6.07, 6.45) is 6.66. The van der Waals surface area contributed by atoms with Crippen LogP contribution in [0.4, 0.5) is 5.82 Å². The van der Waals surface area contributed by atoms with Crippen LogP contribution in [-0.4, -0.2) is 52.5 Å². The Morgan fingerprint density at radius 3 is 2.80 bits per heavy atom. The summed E-state index contributed by atoms with van der Waals surface area (Å²) in [5, 5.41) is 21.7. The Morgan fingerprint density at radius 2 is 2.13 bits per heavy atom. The van der Waals surface area contributed by atoms with Gasteiger partial charge in [-0.3, -0.25) is 4.57 Å².